The van der Waals surface area contributed by atoms with E-state index in [1.54, 1.807) is 31.3 Å². The van der Waals surface area contributed by atoms with Crippen LogP contribution >= 0.6 is 11.3 Å². The Morgan fingerprint density at radius 2 is 2.33 bits per heavy atom. The second-order valence-corrected chi connectivity index (χ2v) is 5.84. The molecule has 0 fully saturated rings. The van der Waals surface area contributed by atoms with Gasteiger partial charge in [-0.2, -0.15) is 11.3 Å². The van der Waals surface area contributed by atoms with Crippen molar-refractivity contribution >= 4 is 17.3 Å². The Morgan fingerprint density at radius 1 is 1.57 bits per heavy atom. The van der Waals surface area contributed by atoms with E-state index >= 15 is 0 Å². The second kappa shape index (κ2) is 6.43. The summed E-state index contributed by atoms with van der Waals surface area (Å²) >= 11 is 1.55. The first kappa shape index (κ1) is 15.8. The van der Waals surface area contributed by atoms with E-state index in [4.69, 9.17) is 4.42 Å². The lowest BCUT2D eigenvalue weighted by Crippen LogP contribution is -2.34. The van der Waals surface area contributed by atoms with Gasteiger partial charge in [0.05, 0.1) is 19.3 Å². The van der Waals surface area contributed by atoms with Crippen LogP contribution in [0.3, 0.4) is 0 Å². The number of rotatable bonds is 6. The van der Waals surface area contributed by atoms with E-state index in [2.05, 4.69) is 10.1 Å². The van der Waals surface area contributed by atoms with Crippen molar-refractivity contribution in [3.8, 4) is 0 Å². The molecule has 0 aliphatic heterocycles. The summed E-state index contributed by atoms with van der Waals surface area (Å²) in [5.41, 5.74) is 0.372. The standard InChI is InChI=1S/C15H19NO4S/c1-10-13(14(17)19-3)6-12(20-10)7-16-9-15(2,18)11-4-5-21-8-11/h4-6,8,16,18H,7,9H2,1-3H3. The van der Waals surface area contributed by atoms with Crippen LogP contribution < -0.4 is 5.32 Å². The van der Waals surface area contributed by atoms with Gasteiger partial charge in [-0.05, 0) is 42.3 Å². The summed E-state index contributed by atoms with van der Waals surface area (Å²) in [5.74, 6) is 0.755. The van der Waals surface area contributed by atoms with Crippen molar-refractivity contribution in [2.75, 3.05) is 13.7 Å². The van der Waals surface area contributed by atoms with Crippen molar-refractivity contribution < 1.29 is 19.1 Å². The lowest BCUT2D eigenvalue weighted by atomic mass is 9.99. The van der Waals surface area contributed by atoms with Gasteiger partial charge in [0, 0.05) is 6.54 Å². The van der Waals surface area contributed by atoms with E-state index in [1.807, 2.05) is 16.8 Å². The molecule has 2 aromatic rings. The normalized spacial score (nSPS) is 13.9. The summed E-state index contributed by atoms with van der Waals surface area (Å²) in [6.07, 6.45) is 0. The average Bonchev–Trinajstić information content (AvgIpc) is 3.07. The lowest BCUT2D eigenvalue weighted by molar-refractivity contribution is 0.0565. The monoisotopic (exact) mass is 309 g/mol. The largest absolute Gasteiger partial charge is 0.465 e. The first-order valence-electron chi connectivity index (χ1n) is 6.57. The zero-order valence-electron chi connectivity index (χ0n) is 12.3. The van der Waals surface area contributed by atoms with Crippen LogP contribution in [0.25, 0.3) is 0 Å². The van der Waals surface area contributed by atoms with E-state index in [1.165, 1.54) is 7.11 Å². The second-order valence-electron chi connectivity index (χ2n) is 5.06. The smallest absolute Gasteiger partial charge is 0.341 e. The van der Waals surface area contributed by atoms with Gasteiger partial charge in [0.1, 0.15) is 17.1 Å². The molecule has 2 aromatic heterocycles. The summed E-state index contributed by atoms with van der Waals surface area (Å²) in [6.45, 7) is 4.29. The van der Waals surface area contributed by atoms with Crippen LogP contribution in [0.5, 0.6) is 0 Å². The molecule has 0 spiro atoms. The number of hydrogen-bond acceptors (Lipinski definition) is 6. The molecule has 1 atom stereocenters. The Balaban J connectivity index is 1.93. The number of aliphatic hydroxyl groups is 1. The van der Waals surface area contributed by atoms with Gasteiger partial charge in [-0.1, -0.05) is 0 Å². The number of thiophene rings is 1. The van der Waals surface area contributed by atoms with Crippen molar-refractivity contribution in [3.63, 3.8) is 0 Å². The zero-order valence-corrected chi connectivity index (χ0v) is 13.1. The molecule has 114 valence electrons. The molecule has 0 saturated carbocycles. The molecule has 6 heteroatoms. The van der Waals surface area contributed by atoms with Gasteiger partial charge in [0.15, 0.2) is 0 Å². The highest BCUT2D eigenvalue weighted by molar-refractivity contribution is 7.08. The third-order valence-electron chi connectivity index (χ3n) is 3.29. The number of carbonyl (C=O) groups is 1. The van der Waals surface area contributed by atoms with Gasteiger partial charge in [0.25, 0.3) is 0 Å². The quantitative estimate of drug-likeness (QED) is 0.802. The van der Waals surface area contributed by atoms with Gasteiger partial charge in [-0.15, -0.1) is 0 Å². The molecule has 0 aliphatic rings. The highest BCUT2D eigenvalue weighted by Gasteiger charge is 2.23. The van der Waals surface area contributed by atoms with E-state index in [-0.39, 0.29) is 0 Å². The van der Waals surface area contributed by atoms with E-state index in [0.29, 0.717) is 30.2 Å². The SMILES string of the molecule is COC(=O)c1cc(CNCC(C)(O)c2ccsc2)oc1C. The third kappa shape index (κ3) is 3.72. The van der Waals surface area contributed by atoms with Crippen LogP contribution in [0.4, 0.5) is 0 Å². The molecule has 0 saturated heterocycles. The first-order chi connectivity index (χ1) is 9.94. The Labute approximate surface area is 127 Å². The lowest BCUT2D eigenvalue weighted by Gasteiger charge is -2.22. The highest BCUT2D eigenvalue weighted by atomic mass is 32.1. The minimum absolute atomic E-state index is 0.386. The Hall–Kier alpha value is -1.63. The summed E-state index contributed by atoms with van der Waals surface area (Å²) in [6, 6.07) is 3.56. The summed E-state index contributed by atoms with van der Waals surface area (Å²) in [4.78, 5) is 11.5. The number of ether oxygens (including phenoxy) is 1. The van der Waals surface area contributed by atoms with Crippen LogP contribution in [-0.2, 0) is 16.9 Å². The van der Waals surface area contributed by atoms with E-state index in [9.17, 15) is 9.90 Å². The molecule has 0 aliphatic carbocycles. The number of furan rings is 1. The Morgan fingerprint density at radius 3 is 2.95 bits per heavy atom. The van der Waals surface area contributed by atoms with Crippen LogP contribution in [0.15, 0.2) is 27.3 Å². The van der Waals surface area contributed by atoms with Crippen LogP contribution in [0, 0.1) is 6.92 Å². The molecule has 2 N–H and O–H groups in total. The van der Waals surface area contributed by atoms with Gasteiger partial charge >= 0.3 is 5.97 Å². The van der Waals surface area contributed by atoms with Gasteiger partial charge in [-0.3, -0.25) is 0 Å². The van der Waals surface area contributed by atoms with Crippen molar-refractivity contribution in [3.05, 3.63) is 45.5 Å². The van der Waals surface area contributed by atoms with Crippen molar-refractivity contribution in [2.45, 2.75) is 26.0 Å². The predicted molar refractivity (Wildman–Crippen MR) is 80.4 cm³/mol. The molecule has 5 nitrogen and oxygen atoms in total. The molecule has 0 radical (unpaired) electrons. The fraction of sp³-hybridized carbons (Fsp3) is 0.400. The van der Waals surface area contributed by atoms with Crippen molar-refractivity contribution in [1.29, 1.82) is 0 Å². The summed E-state index contributed by atoms with van der Waals surface area (Å²) in [5, 5.41) is 17.4. The molecular formula is C15H19NO4S. The van der Waals surface area contributed by atoms with Crippen molar-refractivity contribution in [1.82, 2.24) is 5.32 Å². The number of nitrogens with one attached hydrogen (secondary N) is 1. The Bertz CT molecular complexity index is 601. The molecule has 1 unspecified atom stereocenters. The average molecular weight is 309 g/mol. The molecule has 21 heavy (non-hydrogen) atoms. The highest BCUT2D eigenvalue weighted by Crippen LogP contribution is 2.22. The van der Waals surface area contributed by atoms with Gasteiger partial charge in [-0.25, -0.2) is 4.79 Å². The first-order valence-corrected chi connectivity index (χ1v) is 7.51. The molecule has 0 amide bonds. The molecule has 0 bridgehead atoms. The molecule has 0 aromatic carbocycles. The number of esters is 1. The summed E-state index contributed by atoms with van der Waals surface area (Å²) < 4.78 is 10.2. The third-order valence-corrected chi connectivity index (χ3v) is 3.97. The topological polar surface area (TPSA) is 71.7 Å². The fourth-order valence-electron chi connectivity index (χ4n) is 2.05. The molecular weight excluding hydrogens is 290 g/mol. The van der Waals surface area contributed by atoms with Crippen LogP contribution in [0.1, 0.15) is 34.4 Å². The predicted octanol–water partition coefficient (Wildman–Crippen LogP) is 2.43. The van der Waals surface area contributed by atoms with E-state index < -0.39 is 11.6 Å². The van der Waals surface area contributed by atoms with Crippen LogP contribution in [-0.4, -0.2) is 24.7 Å². The number of aryl methyl sites for hydroxylation is 1. The van der Waals surface area contributed by atoms with Gasteiger partial charge < -0.3 is 19.6 Å². The van der Waals surface area contributed by atoms with Crippen LogP contribution in [0.2, 0.25) is 0 Å². The Kier molecular flexibility index (Phi) is 4.82. The maximum atomic E-state index is 11.5. The maximum Gasteiger partial charge on any atom is 0.341 e. The minimum atomic E-state index is -0.938. The summed E-state index contributed by atoms with van der Waals surface area (Å²) in [7, 11) is 1.34. The number of carbonyl (C=O) groups excluding carboxylic acids is 1. The van der Waals surface area contributed by atoms with Crippen molar-refractivity contribution in [2.24, 2.45) is 0 Å². The van der Waals surface area contributed by atoms with Gasteiger partial charge in [0.2, 0.25) is 0 Å². The fourth-order valence-corrected chi connectivity index (χ4v) is 2.83. The zero-order chi connectivity index (χ0) is 15.5. The maximum absolute atomic E-state index is 11.5. The van der Waals surface area contributed by atoms with E-state index in [0.717, 1.165) is 5.56 Å². The molecule has 2 rings (SSSR count). The molecule has 2 heterocycles. The number of methoxy groups -OCH3 is 1. The number of hydrogen-bond donors (Lipinski definition) is 2. The minimum Gasteiger partial charge on any atom is -0.465 e.